The first-order valence-corrected chi connectivity index (χ1v) is 11.2. The van der Waals surface area contributed by atoms with Gasteiger partial charge in [0.25, 0.3) is 0 Å². The van der Waals surface area contributed by atoms with Crippen LogP contribution in [0.3, 0.4) is 0 Å². The van der Waals surface area contributed by atoms with E-state index < -0.39 is 0 Å². The molecule has 3 saturated carbocycles. The van der Waals surface area contributed by atoms with Crippen LogP contribution in [0.2, 0.25) is 0 Å². The van der Waals surface area contributed by atoms with Crippen LogP contribution in [0, 0.1) is 41.4 Å². The minimum atomic E-state index is -0.201. The van der Waals surface area contributed by atoms with Gasteiger partial charge in [0.05, 0.1) is 5.92 Å². The molecule has 0 aromatic heterocycles. The van der Waals surface area contributed by atoms with Gasteiger partial charge in [0, 0.05) is 5.92 Å². The predicted molar refractivity (Wildman–Crippen MR) is 103 cm³/mol. The first-order chi connectivity index (χ1) is 12.0. The Labute approximate surface area is 155 Å². The molecule has 2 bridgehead atoms. The Bertz CT molecular complexity index is 467. The lowest BCUT2D eigenvalue weighted by Crippen LogP contribution is -2.47. The Morgan fingerprint density at radius 2 is 1.80 bits per heavy atom. The molecule has 0 heterocycles. The number of ether oxygens (including phenoxy) is 1. The molecule has 144 valence electrons. The van der Waals surface area contributed by atoms with E-state index in [4.69, 9.17) is 4.74 Å². The van der Waals surface area contributed by atoms with Crippen LogP contribution in [-0.4, -0.2) is 11.6 Å². The summed E-state index contributed by atoms with van der Waals surface area (Å²) in [6.45, 7) is 10.9. The molecule has 25 heavy (non-hydrogen) atoms. The summed E-state index contributed by atoms with van der Waals surface area (Å²) < 4.78 is 6.31. The lowest BCUT2D eigenvalue weighted by Gasteiger charge is -2.45. The Hall–Kier alpha value is -0.530. The van der Waals surface area contributed by atoms with Gasteiger partial charge in [-0.25, -0.2) is 0 Å². The molecule has 2 heteroatoms. The van der Waals surface area contributed by atoms with Crippen molar-refractivity contribution in [1.82, 2.24) is 0 Å². The van der Waals surface area contributed by atoms with Crippen molar-refractivity contribution in [2.45, 2.75) is 98.0 Å². The van der Waals surface area contributed by atoms with Crippen molar-refractivity contribution in [3.8, 4) is 0 Å². The Morgan fingerprint density at radius 3 is 2.40 bits per heavy atom. The summed E-state index contributed by atoms with van der Waals surface area (Å²) in [5.41, 5.74) is -0.201. The SMILES string of the molecule is CCCC1CCC2C3CC(CC3C(CC)(CC)OC(=O)C(C)CC)C12. The highest BCUT2D eigenvalue weighted by atomic mass is 16.6. The molecule has 0 aromatic rings. The molecule has 0 aromatic carbocycles. The lowest BCUT2D eigenvalue weighted by atomic mass is 9.66. The third-order valence-electron chi connectivity index (χ3n) is 8.50. The summed E-state index contributed by atoms with van der Waals surface area (Å²) in [5.74, 6) is 5.34. The number of carbonyl (C=O) groups excluding carboxylic acids is 1. The maximum absolute atomic E-state index is 12.6. The second kappa shape index (κ2) is 7.61. The molecule has 3 aliphatic rings. The van der Waals surface area contributed by atoms with Crippen LogP contribution in [0.25, 0.3) is 0 Å². The van der Waals surface area contributed by atoms with Crippen molar-refractivity contribution in [2.24, 2.45) is 41.4 Å². The summed E-state index contributed by atoms with van der Waals surface area (Å²) in [5, 5.41) is 0. The molecule has 7 atom stereocenters. The maximum Gasteiger partial charge on any atom is 0.309 e. The number of fused-ring (bicyclic) bond motifs is 5. The van der Waals surface area contributed by atoms with Crippen LogP contribution in [0.15, 0.2) is 0 Å². The molecule has 2 nitrogen and oxygen atoms in total. The van der Waals surface area contributed by atoms with E-state index in [0.717, 1.165) is 48.9 Å². The van der Waals surface area contributed by atoms with Crippen LogP contribution >= 0.6 is 0 Å². The fraction of sp³-hybridized carbons (Fsp3) is 0.957. The molecule has 0 spiro atoms. The molecule has 0 aliphatic heterocycles. The number of carbonyl (C=O) groups is 1. The zero-order valence-electron chi connectivity index (χ0n) is 17.2. The summed E-state index contributed by atoms with van der Waals surface area (Å²) in [4.78, 5) is 12.6. The monoisotopic (exact) mass is 348 g/mol. The first kappa shape index (κ1) is 19.2. The molecule has 3 aliphatic carbocycles. The van der Waals surface area contributed by atoms with Gasteiger partial charge in [0.1, 0.15) is 5.60 Å². The molecule has 0 N–H and O–H groups in total. The highest BCUT2D eigenvalue weighted by molar-refractivity contribution is 5.72. The fourth-order valence-corrected chi connectivity index (χ4v) is 7.05. The quantitative estimate of drug-likeness (QED) is 0.486. The predicted octanol–water partition coefficient (Wildman–Crippen LogP) is 6.23. The topological polar surface area (TPSA) is 26.3 Å². The zero-order chi connectivity index (χ0) is 18.2. The number of rotatable bonds is 8. The van der Waals surface area contributed by atoms with Gasteiger partial charge >= 0.3 is 5.97 Å². The minimum absolute atomic E-state index is 0.0317. The van der Waals surface area contributed by atoms with Crippen LogP contribution in [0.4, 0.5) is 0 Å². The van der Waals surface area contributed by atoms with E-state index in [1.165, 1.54) is 38.5 Å². The minimum Gasteiger partial charge on any atom is -0.459 e. The lowest BCUT2D eigenvalue weighted by molar-refractivity contribution is -0.177. The molecule has 0 radical (unpaired) electrons. The Balaban J connectivity index is 1.76. The molecular formula is C23H40O2. The third kappa shape index (κ3) is 3.16. The standard InChI is InChI=1S/C23H40O2/c1-6-10-16-11-12-18-19-13-17(21(16)18)14-20(19)23(8-3,9-4)25-22(24)15(5)7-2/h15-21H,6-14H2,1-5H3. The van der Waals surface area contributed by atoms with E-state index >= 15 is 0 Å². The van der Waals surface area contributed by atoms with Gasteiger partial charge in [0.15, 0.2) is 0 Å². The summed E-state index contributed by atoms with van der Waals surface area (Å²) in [6.07, 6.45) is 11.3. The normalized spacial score (nSPS) is 38.0. The van der Waals surface area contributed by atoms with Crippen LogP contribution in [-0.2, 0) is 9.53 Å². The zero-order valence-corrected chi connectivity index (χ0v) is 17.2. The number of hydrogen-bond donors (Lipinski definition) is 0. The summed E-state index contributed by atoms with van der Waals surface area (Å²) >= 11 is 0. The van der Waals surface area contributed by atoms with Crippen LogP contribution in [0.5, 0.6) is 0 Å². The Morgan fingerprint density at radius 1 is 1.08 bits per heavy atom. The highest BCUT2D eigenvalue weighted by Gasteiger charge is 2.61. The van der Waals surface area contributed by atoms with Gasteiger partial charge in [0.2, 0.25) is 0 Å². The molecule has 3 fully saturated rings. The molecule has 0 amide bonds. The van der Waals surface area contributed by atoms with Gasteiger partial charge in [-0.05, 0) is 74.5 Å². The van der Waals surface area contributed by atoms with E-state index in [1.54, 1.807) is 0 Å². The van der Waals surface area contributed by atoms with Gasteiger partial charge in [-0.1, -0.05) is 47.5 Å². The van der Waals surface area contributed by atoms with Crippen LogP contribution < -0.4 is 0 Å². The van der Waals surface area contributed by atoms with E-state index in [-0.39, 0.29) is 17.5 Å². The largest absolute Gasteiger partial charge is 0.459 e. The van der Waals surface area contributed by atoms with Crippen molar-refractivity contribution in [3.05, 3.63) is 0 Å². The van der Waals surface area contributed by atoms with Crippen LogP contribution in [0.1, 0.15) is 92.4 Å². The van der Waals surface area contributed by atoms with E-state index in [9.17, 15) is 4.79 Å². The summed E-state index contributed by atoms with van der Waals surface area (Å²) in [7, 11) is 0. The van der Waals surface area contributed by atoms with E-state index in [2.05, 4.69) is 27.7 Å². The second-order valence-corrected chi connectivity index (χ2v) is 9.37. The smallest absolute Gasteiger partial charge is 0.309 e. The first-order valence-electron chi connectivity index (χ1n) is 11.2. The van der Waals surface area contributed by atoms with Crippen molar-refractivity contribution in [3.63, 3.8) is 0 Å². The average molecular weight is 349 g/mol. The van der Waals surface area contributed by atoms with Crippen molar-refractivity contribution < 1.29 is 9.53 Å². The molecule has 3 rings (SSSR count). The highest BCUT2D eigenvalue weighted by Crippen LogP contribution is 2.66. The molecule has 0 saturated heterocycles. The van der Waals surface area contributed by atoms with E-state index in [1.807, 2.05) is 6.92 Å². The van der Waals surface area contributed by atoms with E-state index in [0.29, 0.717) is 5.92 Å². The van der Waals surface area contributed by atoms with Crippen molar-refractivity contribution in [1.29, 1.82) is 0 Å². The summed E-state index contributed by atoms with van der Waals surface area (Å²) in [6, 6.07) is 0. The molecular weight excluding hydrogens is 308 g/mol. The third-order valence-corrected chi connectivity index (χ3v) is 8.50. The van der Waals surface area contributed by atoms with Gasteiger partial charge in [-0.15, -0.1) is 0 Å². The Kier molecular flexibility index (Phi) is 5.85. The maximum atomic E-state index is 12.6. The van der Waals surface area contributed by atoms with Gasteiger partial charge < -0.3 is 4.74 Å². The van der Waals surface area contributed by atoms with Gasteiger partial charge in [-0.3, -0.25) is 4.79 Å². The van der Waals surface area contributed by atoms with Crippen molar-refractivity contribution in [2.75, 3.05) is 0 Å². The van der Waals surface area contributed by atoms with Gasteiger partial charge in [-0.2, -0.15) is 0 Å². The number of esters is 1. The number of hydrogen-bond acceptors (Lipinski definition) is 2. The molecule has 7 unspecified atom stereocenters. The van der Waals surface area contributed by atoms with Crippen molar-refractivity contribution >= 4 is 5.97 Å². The second-order valence-electron chi connectivity index (χ2n) is 9.37. The average Bonchev–Trinajstić information content (AvgIpc) is 3.32. The fourth-order valence-electron chi connectivity index (χ4n) is 7.05.